The predicted octanol–water partition coefficient (Wildman–Crippen LogP) is 2.90. The molecule has 1 saturated heterocycles. The molecule has 21 heavy (non-hydrogen) atoms. The SMILES string of the molecule is O=C(O)c1cc(-c2ccc(N3CCCCC3)c(F)c2)n[nH]1. The smallest absolute Gasteiger partial charge is 0.353 e. The van der Waals surface area contributed by atoms with E-state index in [2.05, 4.69) is 15.1 Å². The second kappa shape index (κ2) is 5.55. The maximum Gasteiger partial charge on any atom is 0.353 e. The van der Waals surface area contributed by atoms with Crippen LogP contribution in [0.5, 0.6) is 0 Å². The van der Waals surface area contributed by atoms with Crippen molar-refractivity contribution in [3.8, 4) is 11.3 Å². The number of carboxylic acid groups (broad SMARTS) is 1. The number of nitrogens with zero attached hydrogens (tertiary/aromatic N) is 2. The van der Waals surface area contributed by atoms with E-state index in [0.29, 0.717) is 16.9 Å². The number of aromatic nitrogens is 2. The predicted molar refractivity (Wildman–Crippen MR) is 77.0 cm³/mol. The Labute approximate surface area is 121 Å². The first-order chi connectivity index (χ1) is 10.1. The topological polar surface area (TPSA) is 69.2 Å². The molecule has 2 N–H and O–H groups in total. The molecule has 0 unspecified atom stereocenters. The quantitative estimate of drug-likeness (QED) is 0.911. The Balaban J connectivity index is 1.87. The lowest BCUT2D eigenvalue weighted by Crippen LogP contribution is -2.30. The molecule has 0 aliphatic carbocycles. The summed E-state index contributed by atoms with van der Waals surface area (Å²) in [6, 6.07) is 6.32. The van der Waals surface area contributed by atoms with Crippen LogP contribution in [0.3, 0.4) is 0 Å². The van der Waals surface area contributed by atoms with Crippen molar-refractivity contribution in [2.45, 2.75) is 19.3 Å². The summed E-state index contributed by atoms with van der Waals surface area (Å²) in [6.45, 7) is 1.75. The molecule has 0 spiro atoms. The summed E-state index contributed by atoms with van der Waals surface area (Å²) < 4.78 is 14.3. The van der Waals surface area contributed by atoms with Gasteiger partial charge >= 0.3 is 5.97 Å². The molecule has 5 nitrogen and oxygen atoms in total. The van der Waals surface area contributed by atoms with Gasteiger partial charge in [0.25, 0.3) is 0 Å². The summed E-state index contributed by atoms with van der Waals surface area (Å²) >= 11 is 0. The van der Waals surface area contributed by atoms with Crippen LogP contribution in [0.4, 0.5) is 10.1 Å². The van der Waals surface area contributed by atoms with Crippen molar-refractivity contribution in [1.82, 2.24) is 10.2 Å². The van der Waals surface area contributed by atoms with E-state index in [1.165, 1.54) is 18.6 Å². The lowest BCUT2D eigenvalue weighted by molar-refractivity contribution is 0.0690. The van der Waals surface area contributed by atoms with Gasteiger partial charge in [0.2, 0.25) is 0 Å². The average Bonchev–Trinajstić information content (AvgIpc) is 2.98. The third-order valence-electron chi connectivity index (χ3n) is 3.75. The summed E-state index contributed by atoms with van der Waals surface area (Å²) in [5.74, 6) is -1.38. The molecule has 2 heterocycles. The van der Waals surface area contributed by atoms with Gasteiger partial charge in [0.1, 0.15) is 11.5 Å². The van der Waals surface area contributed by atoms with E-state index >= 15 is 0 Å². The highest BCUT2D eigenvalue weighted by Gasteiger charge is 2.16. The van der Waals surface area contributed by atoms with Crippen molar-refractivity contribution >= 4 is 11.7 Å². The highest BCUT2D eigenvalue weighted by atomic mass is 19.1. The monoisotopic (exact) mass is 289 g/mol. The number of aromatic carboxylic acids is 1. The molecule has 1 aromatic carbocycles. The first kappa shape index (κ1) is 13.6. The van der Waals surface area contributed by atoms with E-state index in [4.69, 9.17) is 5.11 Å². The number of hydrogen-bond donors (Lipinski definition) is 2. The van der Waals surface area contributed by atoms with Crippen LogP contribution in [0, 0.1) is 5.82 Å². The van der Waals surface area contributed by atoms with Crippen LogP contribution in [0.1, 0.15) is 29.8 Å². The van der Waals surface area contributed by atoms with Gasteiger partial charge in [0.15, 0.2) is 0 Å². The number of hydrogen-bond acceptors (Lipinski definition) is 3. The van der Waals surface area contributed by atoms with E-state index in [1.54, 1.807) is 12.1 Å². The van der Waals surface area contributed by atoms with Gasteiger partial charge < -0.3 is 10.0 Å². The van der Waals surface area contributed by atoms with Gasteiger partial charge in [-0.15, -0.1) is 0 Å². The molecular weight excluding hydrogens is 273 g/mol. The Kier molecular flexibility index (Phi) is 3.60. The van der Waals surface area contributed by atoms with Gasteiger partial charge in [0.05, 0.1) is 11.4 Å². The largest absolute Gasteiger partial charge is 0.477 e. The van der Waals surface area contributed by atoms with Crippen molar-refractivity contribution in [2.75, 3.05) is 18.0 Å². The molecule has 1 aliphatic rings. The molecule has 110 valence electrons. The van der Waals surface area contributed by atoms with Gasteiger partial charge in [-0.2, -0.15) is 5.10 Å². The highest BCUT2D eigenvalue weighted by Crippen LogP contribution is 2.27. The van der Waals surface area contributed by atoms with E-state index in [9.17, 15) is 9.18 Å². The van der Waals surface area contributed by atoms with Crippen molar-refractivity contribution in [3.05, 3.63) is 35.8 Å². The molecule has 1 aromatic heterocycles. The number of H-pyrrole nitrogens is 1. The third-order valence-corrected chi connectivity index (χ3v) is 3.75. The minimum atomic E-state index is -1.08. The molecule has 2 aromatic rings. The number of carbonyl (C=O) groups is 1. The number of carboxylic acids is 1. The first-order valence-corrected chi connectivity index (χ1v) is 6.99. The molecular formula is C15H16FN3O2. The van der Waals surface area contributed by atoms with Crippen molar-refractivity contribution in [2.24, 2.45) is 0 Å². The second-order valence-electron chi connectivity index (χ2n) is 5.19. The first-order valence-electron chi connectivity index (χ1n) is 6.99. The molecule has 0 amide bonds. The third kappa shape index (κ3) is 2.74. The van der Waals surface area contributed by atoms with E-state index < -0.39 is 5.97 Å². The number of benzene rings is 1. The fourth-order valence-corrected chi connectivity index (χ4v) is 2.64. The van der Waals surface area contributed by atoms with Gasteiger partial charge in [-0.25, -0.2) is 9.18 Å². The standard InChI is InChI=1S/C15H16FN3O2/c16-11-8-10(12-9-13(15(20)21)18-17-12)4-5-14(11)19-6-2-1-3-7-19/h4-5,8-9H,1-3,6-7H2,(H,17,18)(H,20,21). The van der Waals surface area contributed by atoms with Crippen LogP contribution in [0.25, 0.3) is 11.3 Å². The maximum absolute atomic E-state index is 14.3. The summed E-state index contributed by atoms with van der Waals surface area (Å²) in [6.07, 6.45) is 3.37. The molecule has 1 fully saturated rings. The lowest BCUT2D eigenvalue weighted by Gasteiger charge is -2.29. The van der Waals surface area contributed by atoms with Crippen LogP contribution in [-0.4, -0.2) is 34.4 Å². The average molecular weight is 289 g/mol. The van der Waals surface area contributed by atoms with E-state index in [1.807, 2.05) is 0 Å². The summed E-state index contributed by atoms with van der Waals surface area (Å²) in [7, 11) is 0. The molecule has 0 bridgehead atoms. The maximum atomic E-state index is 14.3. The Morgan fingerprint density at radius 1 is 1.24 bits per heavy atom. The van der Waals surface area contributed by atoms with Gasteiger partial charge in [-0.3, -0.25) is 5.10 Å². The number of piperidine rings is 1. The molecule has 3 rings (SSSR count). The van der Waals surface area contributed by atoms with Crippen LogP contribution in [-0.2, 0) is 0 Å². The van der Waals surface area contributed by atoms with Crippen LogP contribution >= 0.6 is 0 Å². The Bertz CT molecular complexity index is 663. The number of aromatic amines is 1. The van der Waals surface area contributed by atoms with Crippen LogP contribution in [0.2, 0.25) is 0 Å². The zero-order valence-electron chi connectivity index (χ0n) is 11.5. The van der Waals surface area contributed by atoms with Crippen LogP contribution in [0.15, 0.2) is 24.3 Å². The molecule has 0 saturated carbocycles. The highest BCUT2D eigenvalue weighted by molar-refractivity contribution is 5.86. The normalized spacial score (nSPS) is 15.2. The van der Waals surface area contributed by atoms with Gasteiger partial charge in [-0.05, 0) is 37.5 Å². The van der Waals surface area contributed by atoms with E-state index in [-0.39, 0.29) is 11.5 Å². The van der Waals surface area contributed by atoms with E-state index in [0.717, 1.165) is 25.9 Å². The molecule has 0 atom stereocenters. The number of halogens is 1. The van der Waals surface area contributed by atoms with Crippen molar-refractivity contribution in [3.63, 3.8) is 0 Å². The zero-order chi connectivity index (χ0) is 14.8. The number of anilines is 1. The summed E-state index contributed by atoms with van der Waals surface area (Å²) in [5.41, 5.74) is 1.59. The van der Waals surface area contributed by atoms with Crippen molar-refractivity contribution in [1.29, 1.82) is 0 Å². The fraction of sp³-hybridized carbons (Fsp3) is 0.333. The van der Waals surface area contributed by atoms with Crippen LogP contribution < -0.4 is 4.90 Å². The number of rotatable bonds is 3. The number of nitrogens with one attached hydrogen (secondary N) is 1. The Hall–Kier alpha value is -2.37. The Morgan fingerprint density at radius 3 is 2.62 bits per heavy atom. The fourth-order valence-electron chi connectivity index (χ4n) is 2.64. The molecule has 0 radical (unpaired) electrons. The summed E-state index contributed by atoms with van der Waals surface area (Å²) in [4.78, 5) is 12.9. The lowest BCUT2D eigenvalue weighted by atomic mass is 10.1. The summed E-state index contributed by atoms with van der Waals surface area (Å²) in [5, 5.41) is 15.2. The molecule has 1 aliphatic heterocycles. The second-order valence-corrected chi connectivity index (χ2v) is 5.19. The van der Waals surface area contributed by atoms with Gasteiger partial charge in [0, 0.05) is 18.7 Å². The molecule has 6 heteroatoms. The van der Waals surface area contributed by atoms with Crippen molar-refractivity contribution < 1.29 is 14.3 Å². The minimum Gasteiger partial charge on any atom is -0.477 e. The minimum absolute atomic E-state index is 0.00878. The van der Waals surface area contributed by atoms with Gasteiger partial charge in [-0.1, -0.05) is 6.07 Å². The Morgan fingerprint density at radius 2 is 2.00 bits per heavy atom. The zero-order valence-corrected chi connectivity index (χ0v) is 11.5.